The van der Waals surface area contributed by atoms with E-state index in [0.29, 0.717) is 55.8 Å². The average Bonchev–Trinajstić information content (AvgIpc) is 3.19. The number of hydrogen-bond donors (Lipinski definition) is 0. The fraction of sp³-hybridized carbons (Fsp3) is 0.350. The zero-order chi connectivity index (χ0) is 22.7. The molecule has 3 heterocycles. The van der Waals surface area contributed by atoms with E-state index < -0.39 is 10.0 Å². The fourth-order valence-corrected chi connectivity index (χ4v) is 5.00. The van der Waals surface area contributed by atoms with E-state index in [1.54, 1.807) is 49.4 Å². The van der Waals surface area contributed by atoms with Crippen LogP contribution in [0.15, 0.2) is 52.0 Å². The van der Waals surface area contributed by atoms with E-state index in [0.717, 1.165) is 0 Å². The van der Waals surface area contributed by atoms with Crippen molar-refractivity contribution in [1.82, 2.24) is 24.0 Å². The molecular weight excluding hydrogens is 454 g/mol. The highest BCUT2D eigenvalue weighted by molar-refractivity contribution is 7.89. The normalized spacial score (nSPS) is 15.6. The van der Waals surface area contributed by atoms with Crippen LogP contribution >= 0.6 is 12.2 Å². The van der Waals surface area contributed by atoms with Gasteiger partial charge in [0, 0.05) is 44.1 Å². The summed E-state index contributed by atoms with van der Waals surface area (Å²) in [7, 11) is -0.422. The molecule has 32 heavy (non-hydrogen) atoms. The van der Waals surface area contributed by atoms with Gasteiger partial charge in [0.1, 0.15) is 4.90 Å². The second kappa shape index (κ2) is 9.36. The molecule has 0 atom stereocenters. The number of rotatable bonds is 7. The highest BCUT2D eigenvalue weighted by Crippen LogP contribution is 2.31. The summed E-state index contributed by atoms with van der Waals surface area (Å²) in [6.07, 6.45) is 2.92. The van der Waals surface area contributed by atoms with Crippen LogP contribution < -0.4 is 9.47 Å². The number of sulfonamides is 1. The zero-order valence-corrected chi connectivity index (χ0v) is 19.3. The number of pyridine rings is 1. The molecule has 0 bridgehead atoms. The van der Waals surface area contributed by atoms with Gasteiger partial charge in [0.15, 0.2) is 11.5 Å². The summed E-state index contributed by atoms with van der Waals surface area (Å²) < 4.78 is 44.9. The Bertz CT molecular complexity index is 1230. The number of methoxy groups -OCH3 is 2. The van der Waals surface area contributed by atoms with E-state index in [4.69, 9.17) is 26.1 Å². The van der Waals surface area contributed by atoms with Gasteiger partial charge >= 0.3 is 0 Å². The van der Waals surface area contributed by atoms with Crippen LogP contribution in [-0.2, 0) is 16.7 Å². The Morgan fingerprint density at radius 2 is 1.84 bits per heavy atom. The second-order valence-electron chi connectivity index (χ2n) is 7.09. The lowest BCUT2D eigenvalue weighted by atomic mass is 10.2. The lowest BCUT2D eigenvalue weighted by Gasteiger charge is -2.33. The third-order valence-corrected chi connectivity index (χ3v) is 7.35. The van der Waals surface area contributed by atoms with Crippen LogP contribution in [0, 0.1) is 4.84 Å². The number of ether oxygens (including phenoxy) is 2. The second-order valence-corrected chi connectivity index (χ2v) is 9.38. The number of aromatic nitrogens is 3. The van der Waals surface area contributed by atoms with Gasteiger partial charge in [-0.3, -0.25) is 9.88 Å². The molecule has 1 aliphatic heterocycles. The van der Waals surface area contributed by atoms with Crippen LogP contribution in [0.2, 0.25) is 0 Å². The number of benzene rings is 1. The Morgan fingerprint density at radius 1 is 1.09 bits per heavy atom. The van der Waals surface area contributed by atoms with E-state index in [-0.39, 0.29) is 9.73 Å². The maximum absolute atomic E-state index is 12.8. The van der Waals surface area contributed by atoms with Crippen molar-refractivity contribution in [2.24, 2.45) is 0 Å². The standard InChI is InChI=1S/C20H23N5O5S2/c1-28-17-6-5-15(12-18(17)29-2)19-22-25(20(31)30-19)14-23-8-10-24(11-9-23)32(26,27)16-4-3-7-21-13-16/h3-7,12-13H,8-11,14H2,1-2H3. The monoisotopic (exact) mass is 477 g/mol. The molecule has 2 aromatic heterocycles. The number of hydrogen-bond acceptors (Lipinski definition) is 9. The van der Waals surface area contributed by atoms with Crippen molar-refractivity contribution >= 4 is 22.2 Å². The summed E-state index contributed by atoms with van der Waals surface area (Å²) in [4.78, 5) is 6.42. The van der Waals surface area contributed by atoms with Crippen molar-refractivity contribution in [2.45, 2.75) is 11.6 Å². The summed E-state index contributed by atoms with van der Waals surface area (Å²) in [5.41, 5.74) is 0.708. The number of nitrogens with zero attached hydrogens (tertiary/aromatic N) is 5. The van der Waals surface area contributed by atoms with Crippen molar-refractivity contribution in [1.29, 1.82) is 0 Å². The molecule has 1 saturated heterocycles. The van der Waals surface area contributed by atoms with E-state index in [1.165, 1.54) is 10.5 Å². The molecule has 1 aromatic carbocycles. The highest BCUT2D eigenvalue weighted by atomic mass is 32.2. The van der Waals surface area contributed by atoms with Gasteiger partial charge in [-0.05, 0) is 42.5 Å². The SMILES string of the molecule is COc1ccc(-c2nn(CN3CCN(S(=O)(=O)c4cccnc4)CC3)c(=S)o2)cc1OC. The van der Waals surface area contributed by atoms with Crippen LogP contribution in [0.25, 0.3) is 11.5 Å². The third-order valence-electron chi connectivity index (χ3n) is 5.17. The largest absolute Gasteiger partial charge is 0.493 e. The molecule has 0 radical (unpaired) electrons. The van der Waals surface area contributed by atoms with Crippen molar-refractivity contribution < 1.29 is 22.3 Å². The molecule has 0 spiro atoms. The van der Waals surface area contributed by atoms with Crippen LogP contribution in [0.4, 0.5) is 0 Å². The Kier molecular flexibility index (Phi) is 6.55. The van der Waals surface area contributed by atoms with Gasteiger partial charge in [-0.2, -0.15) is 4.31 Å². The minimum atomic E-state index is -3.55. The van der Waals surface area contributed by atoms with Gasteiger partial charge in [0.2, 0.25) is 15.9 Å². The smallest absolute Gasteiger partial charge is 0.288 e. The van der Waals surface area contributed by atoms with Crippen LogP contribution in [-0.4, -0.2) is 72.8 Å². The molecule has 0 unspecified atom stereocenters. The topological polar surface area (TPSA) is 103 Å². The maximum atomic E-state index is 12.8. The van der Waals surface area contributed by atoms with Crippen LogP contribution in [0.3, 0.4) is 0 Å². The predicted molar refractivity (Wildman–Crippen MR) is 118 cm³/mol. The quantitative estimate of drug-likeness (QED) is 0.474. The molecule has 10 nitrogen and oxygen atoms in total. The van der Waals surface area contributed by atoms with Crippen molar-refractivity contribution in [2.75, 3.05) is 40.4 Å². The minimum absolute atomic E-state index is 0.201. The van der Waals surface area contributed by atoms with E-state index in [2.05, 4.69) is 15.0 Å². The first kappa shape index (κ1) is 22.4. The summed E-state index contributed by atoms with van der Waals surface area (Å²) in [5.74, 6) is 1.54. The first-order valence-electron chi connectivity index (χ1n) is 9.85. The summed E-state index contributed by atoms with van der Waals surface area (Å²) in [5, 5.41) is 4.49. The van der Waals surface area contributed by atoms with Gasteiger partial charge in [0.25, 0.3) is 4.84 Å². The predicted octanol–water partition coefficient (Wildman–Crippen LogP) is 2.25. The van der Waals surface area contributed by atoms with E-state index in [1.807, 2.05) is 6.07 Å². The molecule has 0 aliphatic carbocycles. The van der Waals surface area contributed by atoms with E-state index in [9.17, 15) is 8.42 Å². The molecular formula is C20H23N5O5S2. The first-order chi connectivity index (χ1) is 15.4. The van der Waals surface area contributed by atoms with Crippen molar-refractivity contribution in [3.8, 4) is 23.0 Å². The van der Waals surface area contributed by atoms with Crippen LogP contribution in [0.1, 0.15) is 0 Å². The van der Waals surface area contributed by atoms with E-state index >= 15 is 0 Å². The summed E-state index contributed by atoms with van der Waals surface area (Å²) in [6.45, 7) is 2.21. The van der Waals surface area contributed by atoms with Gasteiger partial charge in [0.05, 0.1) is 20.9 Å². The van der Waals surface area contributed by atoms with Crippen molar-refractivity contribution in [3.63, 3.8) is 0 Å². The summed E-state index contributed by atoms with van der Waals surface area (Å²) >= 11 is 5.34. The third kappa shape index (κ3) is 4.53. The Labute approximate surface area is 191 Å². The first-order valence-corrected chi connectivity index (χ1v) is 11.7. The maximum Gasteiger partial charge on any atom is 0.288 e. The average molecular weight is 478 g/mol. The fourth-order valence-electron chi connectivity index (χ4n) is 3.43. The highest BCUT2D eigenvalue weighted by Gasteiger charge is 2.29. The molecule has 0 amide bonds. The lowest BCUT2D eigenvalue weighted by molar-refractivity contribution is 0.143. The zero-order valence-electron chi connectivity index (χ0n) is 17.7. The number of piperazine rings is 1. The molecule has 170 valence electrons. The van der Waals surface area contributed by atoms with Crippen LogP contribution in [0.5, 0.6) is 11.5 Å². The molecule has 1 fully saturated rings. The Morgan fingerprint density at radius 3 is 2.50 bits per heavy atom. The molecule has 0 N–H and O–H groups in total. The van der Waals surface area contributed by atoms with Crippen molar-refractivity contribution in [3.05, 3.63) is 47.6 Å². The molecule has 12 heteroatoms. The van der Waals surface area contributed by atoms with Gasteiger partial charge < -0.3 is 13.9 Å². The molecule has 0 saturated carbocycles. The molecule has 3 aromatic rings. The Hall–Kier alpha value is -2.80. The Balaban J connectivity index is 1.43. The van der Waals surface area contributed by atoms with Gasteiger partial charge in [-0.15, -0.1) is 5.10 Å². The lowest BCUT2D eigenvalue weighted by Crippen LogP contribution is -2.48. The molecule has 4 rings (SSSR count). The minimum Gasteiger partial charge on any atom is -0.493 e. The van der Waals surface area contributed by atoms with Gasteiger partial charge in [-0.1, -0.05) is 0 Å². The van der Waals surface area contributed by atoms with Gasteiger partial charge in [-0.25, -0.2) is 13.1 Å². The summed E-state index contributed by atoms with van der Waals surface area (Å²) in [6, 6.07) is 8.53. The molecule has 1 aliphatic rings.